The molecule has 0 aliphatic carbocycles. The van der Waals surface area contributed by atoms with Crippen LogP contribution in [-0.4, -0.2) is 108 Å². The Balaban J connectivity index is 1.44. The number of aliphatic hydroxyl groups excluding tert-OH is 2. The van der Waals surface area contributed by atoms with Crippen LogP contribution in [0.15, 0.2) is 24.3 Å². The molecule has 3 rings (SSSR count). The lowest BCUT2D eigenvalue weighted by molar-refractivity contribution is -0.130. The quantitative estimate of drug-likeness (QED) is 0.478. The number of ether oxygens (including phenoxy) is 1. The van der Waals surface area contributed by atoms with Gasteiger partial charge in [-0.2, -0.15) is 0 Å². The standard InChI is InChI=1S/C25H35Cl2N3O5/c1-35-17-19-15-28(9-7-23(19)32)16-20(31)6-10-29-12-13-30(11-8-25(29)34)24(33)5-3-18-2-4-21(26)22(27)14-18/h2-5,14,19-20,23,31-32H,6-13,15-17H2,1H3. The molecule has 3 unspecified atom stereocenters. The van der Waals surface area contributed by atoms with Crippen LogP contribution in [0, 0.1) is 5.92 Å². The molecule has 0 aromatic heterocycles. The summed E-state index contributed by atoms with van der Waals surface area (Å²) in [6.45, 7) is 4.08. The van der Waals surface area contributed by atoms with Gasteiger partial charge in [-0.05, 0) is 36.6 Å². The van der Waals surface area contributed by atoms with Crippen LogP contribution >= 0.6 is 23.2 Å². The highest BCUT2D eigenvalue weighted by molar-refractivity contribution is 6.42. The van der Waals surface area contributed by atoms with Crippen LogP contribution in [0.25, 0.3) is 6.08 Å². The lowest BCUT2D eigenvalue weighted by Crippen LogP contribution is -2.47. The van der Waals surface area contributed by atoms with Crippen LogP contribution in [0.3, 0.4) is 0 Å². The molecule has 2 N–H and O–H groups in total. The van der Waals surface area contributed by atoms with Crippen molar-refractivity contribution < 1.29 is 24.5 Å². The topological polar surface area (TPSA) is 93.6 Å². The second-order valence-corrected chi connectivity index (χ2v) is 10.1. The smallest absolute Gasteiger partial charge is 0.246 e. The van der Waals surface area contributed by atoms with Crippen molar-refractivity contribution >= 4 is 41.1 Å². The number of β-amino-alcohol motifs (C(OH)–C–C–N with tert-alkyl or cyclic N) is 1. The van der Waals surface area contributed by atoms with E-state index in [4.69, 9.17) is 27.9 Å². The van der Waals surface area contributed by atoms with Gasteiger partial charge in [-0.1, -0.05) is 29.3 Å². The predicted octanol–water partition coefficient (Wildman–Crippen LogP) is 2.15. The summed E-state index contributed by atoms with van der Waals surface area (Å²) in [6.07, 6.45) is 3.60. The van der Waals surface area contributed by atoms with E-state index >= 15 is 0 Å². The normalized spacial score (nSPS) is 23.1. The number of halogens is 2. The van der Waals surface area contributed by atoms with Crippen LogP contribution < -0.4 is 0 Å². The number of piperidine rings is 1. The van der Waals surface area contributed by atoms with Crippen molar-refractivity contribution in [1.29, 1.82) is 0 Å². The van der Waals surface area contributed by atoms with Crippen LogP contribution in [0.1, 0.15) is 24.8 Å². The Kier molecular flexibility index (Phi) is 10.8. The van der Waals surface area contributed by atoms with Gasteiger partial charge in [0.25, 0.3) is 0 Å². The first kappa shape index (κ1) is 27.9. The molecule has 35 heavy (non-hydrogen) atoms. The van der Waals surface area contributed by atoms with Gasteiger partial charge < -0.3 is 29.6 Å². The zero-order valence-electron chi connectivity index (χ0n) is 20.1. The number of benzene rings is 1. The fraction of sp³-hybridized carbons (Fsp3) is 0.600. The van der Waals surface area contributed by atoms with Crippen LogP contribution in [0.2, 0.25) is 10.0 Å². The number of aliphatic hydroxyl groups is 2. The number of rotatable bonds is 9. The molecular formula is C25H35Cl2N3O5. The van der Waals surface area contributed by atoms with Gasteiger partial charge in [-0.3, -0.25) is 9.59 Å². The number of hydrogen-bond acceptors (Lipinski definition) is 6. The van der Waals surface area contributed by atoms with Crippen LogP contribution in [0.4, 0.5) is 0 Å². The van der Waals surface area contributed by atoms with Crippen LogP contribution in [-0.2, 0) is 14.3 Å². The molecule has 2 fully saturated rings. The second-order valence-electron chi connectivity index (χ2n) is 9.24. The fourth-order valence-electron chi connectivity index (χ4n) is 4.55. The molecular weight excluding hydrogens is 493 g/mol. The highest BCUT2D eigenvalue weighted by Crippen LogP contribution is 2.23. The summed E-state index contributed by atoms with van der Waals surface area (Å²) >= 11 is 12.0. The minimum atomic E-state index is -0.573. The number of likely N-dealkylation sites (tertiary alicyclic amines) is 1. The minimum Gasteiger partial charge on any atom is -0.393 e. The summed E-state index contributed by atoms with van der Waals surface area (Å²) in [5.41, 5.74) is 0.769. The van der Waals surface area contributed by atoms with Crippen molar-refractivity contribution in [3.05, 3.63) is 39.9 Å². The summed E-state index contributed by atoms with van der Waals surface area (Å²) in [6, 6.07) is 5.15. The summed E-state index contributed by atoms with van der Waals surface area (Å²) in [7, 11) is 1.62. The first-order valence-corrected chi connectivity index (χ1v) is 12.8. The van der Waals surface area contributed by atoms with Crippen molar-refractivity contribution in [2.24, 2.45) is 5.92 Å². The number of carbonyl (C=O) groups excluding carboxylic acids is 2. The Morgan fingerprint density at radius 3 is 2.77 bits per heavy atom. The molecule has 2 aliphatic heterocycles. The maximum absolute atomic E-state index is 12.7. The van der Waals surface area contributed by atoms with Crippen molar-refractivity contribution in [2.45, 2.75) is 31.5 Å². The highest BCUT2D eigenvalue weighted by Gasteiger charge is 2.29. The van der Waals surface area contributed by atoms with Crippen molar-refractivity contribution in [3.8, 4) is 0 Å². The van der Waals surface area contributed by atoms with Crippen LogP contribution in [0.5, 0.6) is 0 Å². The average Bonchev–Trinajstić information content (AvgIpc) is 3.02. The zero-order valence-corrected chi connectivity index (χ0v) is 21.6. The third kappa shape index (κ3) is 8.44. The zero-order chi connectivity index (χ0) is 25.4. The van der Waals surface area contributed by atoms with Gasteiger partial charge in [-0.25, -0.2) is 0 Å². The Bertz CT molecular complexity index is 900. The number of nitrogens with zero attached hydrogens (tertiary/aromatic N) is 3. The van der Waals surface area contributed by atoms with Gasteiger partial charge in [0.05, 0.1) is 28.9 Å². The molecule has 8 nitrogen and oxygen atoms in total. The maximum atomic E-state index is 12.7. The predicted molar refractivity (Wildman–Crippen MR) is 136 cm³/mol. The Morgan fingerprint density at radius 1 is 1.23 bits per heavy atom. The fourth-order valence-corrected chi connectivity index (χ4v) is 4.85. The van der Waals surface area contributed by atoms with Gasteiger partial charge >= 0.3 is 0 Å². The molecule has 1 aromatic rings. The molecule has 1 aromatic carbocycles. The Morgan fingerprint density at radius 2 is 2.03 bits per heavy atom. The molecule has 0 radical (unpaired) electrons. The van der Waals surface area contributed by atoms with E-state index in [9.17, 15) is 19.8 Å². The van der Waals surface area contributed by atoms with Gasteiger partial charge in [0.2, 0.25) is 11.8 Å². The maximum Gasteiger partial charge on any atom is 0.246 e. The van der Waals surface area contributed by atoms with E-state index in [0.717, 1.165) is 12.1 Å². The molecule has 0 saturated carbocycles. The summed E-state index contributed by atoms with van der Waals surface area (Å²) < 4.78 is 5.19. The van der Waals surface area contributed by atoms with E-state index in [1.54, 1.807) is 41.2 Å². The highest BCUT2D eigenvalue weighted by atomic mass is 35.5. The van der Waals surface area contributed by atoms with E-state index in [0.29, 0.717) is 68.8 Å². The average molecular weight is 528 g/mol. The van der Waals surface area contributed by atoms with Gasteiger partial charge in [0.1, 0.15) is 0 Å². The minimum absolute atomic E-state index is 0.0118. The molecule has 2 amide bonds. The molecule has 2 heterocycles. The second kappa shape index (κ2) is 13.6. The van der Waals surface area contributed by atoms with Gasteiger partial charge in [0, 0.05) is 71.3 Å². The lowest BCUT2D eigenvalue weighted by Gasteiger charge is -2.37. The number of hydrogen-bond donors (Lipinski definition) is 2. The lowest BCUT2D eigenvalue weighted by atomic mass is 9.95. The monoisotopic (exact) mass is 527 g/mol. The molecule has 0 bridgehead atoms. The number of carbonyl (C=O) groups is 2. The van der Waals surface area contributed by atoms with Crippen molar-refractivity contribution in [2.75, 3.05) is 59.5 Å². The number of methoxy groups -OCH3 is 1. The summed E-state index contributed by atoms with van der Waals surface area (Å²) in [5, 5.41) is 21.5. The number of amides is 2. The van der Waals surface area contributed by atoms with E-state index in [1.807, 2.05) is 0 Å². The molecule has 10 heteroatoms. The molecule has 3 atom stereocenters. The van der Waals surface area contributed by atoms with E-state index in [2.05, 4.69) is 4.90 Å². The van der Waals surface area contributed by atoms with Crippen molar-refractivity contribution in [1.82, 2.24) is 14.7 Å². The van der Waals surface area contributed by atoms with Crippen molar-refractivity contribution in [3.63, 3.8) is 0 Å². The molecule has 2 aliphatic rings. The largest absolute Gasteiger partial charge is 0.393 e. The third-order valence-corrected chi connectivity index (χ3v) is 7.36. The first-order chi connectivity index (χ1) is 16.8. The third-order valence-electron chi connectivity index (χ3n) is 6.62. The molecule has 194 valence electrons. The Labute approximate surface area is 217 Å². The first-order valence-electron chi connectivity index (χ1n) is 12.0. The van der Waals surface area contributed by atoms with Gasteiger partial charge in [0.15, 0.2) is 0 Å². The van der Waals surface area contributed by atoms with E-state index in [1.165, 1.54) is 6.08 Å². The molecule has 2 saturated heterocycles. The van der Waals surface area contributed by atoms with E-state index < -0.39 is 6.10 Å². The summed E-state index contributed by atoms with van der Waals surface area (Å²) in [5.74, 6) is -0.131. The summed E-state index contributed by atoms with van der Waals surface area (Å²) in [4.78, 5) is 30.8. The molecule has 0 spiro atoms. The SMILES string of the molecule is COCC1CN(CC(O)CCN2CCN(C(=O)C=Cc3ccc(Cl)c(Cl)c3)CCC2=O)CCC1O. The van der Waals surface area contributed by atoms with E-state index in [-0.39, 0.29) is 30.3 Å². The Hall–Kier alpha value is -1.68. The van der Waals surface area contributed by atoms with Gasteiger partial charge in [-0.15, -0.1) is 0 Å².